The molecule has 1 amide bonds. The molecule has 0 aromatic heterocycles. The molecule has 0 unspecified atom stereocenters. The van der Waals surface area contributed by atoms with Gasteiger partial charge in [0.25, 0.3) is 0 Å². The van der Waals surface area contributed by atoms with E-state index >= 15 is 0 Å². The summed E-state index contributed by atoms with van der Waals surface area (Å²) in [6.07, 6.45) is 6.02. The number of rotatable bonds is 6. The SMILES string of the molecule is C=CCN=C(NCC)N1CCC(N(CC2CC2)C(=O)OC(C)(C)C)CC1.I. The smallest absolute Gasteiger partial charge is 0.410 e. The van der Waals surface area contributed by atoms with Gasteiger partial charge in [-0.15, -0.1) is 30.6 Å². The normalized spacial score (nSPS) is 18.5. The Morgan fingerprint density at radius 1 is 1.30 bits per heavy atom. The van der Waals surface area contributed by atoms with Crippen molar-refractivity contribution in [3.05, 3.63) is 12.7 Å². The lowest BCUT2D eigenvalue weighted by molar-refractivity contribution is 0.00929. The first-order valence-corrected chi connectivity index (χ1v) is 9.97. The predicted molar refractivity (Wildman–Crippen MR) is 122 cm³/mol. The maximum atomic E-state index is 12.7. The Morgan fingerprint density at radius 3 is 2.41 bits per heavy atom. The molecular formula is C20H37IN4O2. The van der Waals surface area contributed by atoms with E-state index in [-0.39, 0.29) is 36.1 Å². The molecule has 156 valence electrons. The summed E-state index contributed by atoms with van der Waals surface area (Å²) in [5.74, 6) is 1.60. The number of ether oxygens (including phenoxy) is 1. The van der Waals surface area contributed by atoms with Crippen LogP contribution in [-0.4, -0.2) is 66.2 Å². The fourth-order valence-corrected chi connectivity index (χ4v) is 3.24. The molecule has 1 aliphatic carbocycles. The van der Waals surface area contributed by atoms with Gasteiger partial charge in [0.2, 0.25) is 0 Å². The standard InChI is InChI=1S/C20H36N4O2.HI/c1-6-12-22-18(21-7-2)23-13-10-17(11-14-23)24(15-16-8-9-16)19(25)26-20(3,4)5;/h6,16-17H,1,7-15H2,2-5H3,(H,21,22);1H. The number of nitrogens with one attached hydrogen (secondary N) is 1. The minimum Gasteiger partial charge on any atom is -0.444 e. The van der Waals surface area contributed by atoms with Crippen molar-refractivity contribution in [1.29, 1.82) is 0 Å². The van der Waals surface area contributed by atoms with Crippen molar-refractivity contribution < 1.29 is 9.53 Å². The van der Waals surface area contributed by atoms with Crippen molar-refractivity contribution >= 4 is 36.0 Å². The van der Waals surface area contributed by atoms with E-state index in [0.29, 0.717) is 12.5 Å². The van der Waals surface area contributed by atoms with Gasteiger partial charge in [0.05, 0.1) is 6.54 Å². The number of nitrogens with zero attached hydrogens (tertiary/aromatic N) is 3. The lowest BCUT2D eigenvalue weighted by Crippen LogP contribution is -2.52. The molecule has 0 aromatic carbocycles. The predicted octanol–water partition coefficient (Wildman–Crippen LogP) is 3.87. The Morgan fingerprint density at radius 2 is 1.93 bits per heavy atom. The Hall–Kier alpha value is -0.990. The van der Waals surface area contributed by atoms with Gasteiger partial charge in [-0.3, -0.25) is 0 Å². The molecule has 1 saturated carbocycles. The van der Waals surface area contributed by atoms with Crippen LogP contribution in [0.15, 0.2) is 17.6 Å². The number of guanidine groups is 1. The minimum absolute atomic E-state index is 0. The molecule has 0 atom stereocenters. The molecule has 1 saturated heterocycles. The summed E-state index contributed by atoms with van der Waals surface area (Å²) in [5, 5.41) is 3.35. The van der Waals surface area contributed by atoms with Crippen LogP contribution in [0.4, 0.5) is 4.79 Å². The highest BCUT2D eigenvalue weighted by Crippen LogP contribution is 2.32. The van der Waals surface area contributed by atoms with Gasteiger partial charge in [-0.1, -0.05) is 6.08 Å². The van der Waals surface area contributed by atoms with E-state index in [1.807, 2.05) is 31.7 Å². The molecule has 1 aliphatic heterocycles. The average Bonchev–Trinajstić information content (AvgIpc) is 3.39. The number of hydrogen-bond acceptors (Lipinski definition) is 3. The van der Waals surface area contributed by atoms with Gasteiger partial charge in [0, 0.05) is 32.2 Å². The third-order valence-electron chi connectivity index (χ3n) is 4.69. The molecule has 2 fully saturated rings. The third-order valence-corrected chi connectivity index (χ3v) is 4.69. The van der Waals surface area contributed by atoms with E-state index in [2.05, 4.69) is 28.7 Å². The Balaban J connectivity index is 0.00000364. The molecule has 2 aliphatic rings. The molecule has 0 bridgehead atoms. The molecule has 0 radical (unpaired) electrons. The van der Waals surface area contributed by atoms with Gasteiger partial charge in [0.1, 0.15) is 5.60 Å². The number of likely N-dealkylation sites (tertiary alicyclic amines) is 1. The number of carbonyl (C=O) groups is 1. The molecule has 6 nitrogen and oxygen atoms in total. The molecule has 0 aromatic rings. The van der Waals surface area contributed by atoms with Gasteiger partial charge in [0.15, 0.2) is 5.96 Å². The second-order valence-electron chi connectivity index (χ2n) is 8.28. The molecule has 2 rings (SSSR count). The number of piperidine rings is 1. The van der Waals surface area contributed by atoms with Crippen molar-refractivity contribution in [1.82, 2.24) is 15.1 Å². The van der Waals surface area contributed by atoms with Crippen LogP contribution in [0.2, 0.25) is 0 Å². The largest absolute Gasteiger partial charge is 0.444 e. The van der Waals surface area contributed by atoms with E-state index < -0.39 is 5.60 Å². The molecule has 1 N–H and O–H groups in total. The van der Waals surface area contributed by atoms with Gasteiger partial charge in [-0.05, 0) is 59.3 Å². The first kappa shape index (κ1) is 24.0. The van der Waals surface area contributed by atoms with Crippen LogP contribution < -0.4 is 5.32 Å². The number of halogens is 1. The summed E-state index contributed by atoms with van der Waals surface area (Å²) >= 11 is 0. The Kier molecular flexibility index (Phi) is 9.90. The van der Waals surface area contributed by atoms with Crippen LogP contribution in [0.5, 0.6) is 0 Å². The fraction of sp³-hybridized carbons (Fsp3) is 0.800. The number of aliphatic imine (C=N–C) groups is 1. The highest BCUT2D eigenvalue weighted by atomic mass is 127. The summed E-state index contributed by atoms with van der Waals surface area (Å²) in [5.41, 5.74) is -0.449. The Bertz CT molecular complexity index is 507. The van der Waals surface area contributed by atoms with Gasteiger partial charge in [-0.2, -0.15) is 0 Å². The van der Waals surface area contributed by atoms with Crippen molar-refractivity contribution in [2.45, 2.75) is 65.0 Å². The maximum Gasteiger partial charge on any atom is 0.410 e. The minimum atomic E-state index is -0.449. The maximum absolute atomic E-state index is 12.7. The monoisotopic (exact) mass is 492 g/mol. The third kappa shape index (κ3) is 8.27. The molecule has 1 heterocycles. The first-order chi connectivity index (χ1) is 12.3. The van der Waals surface area contributed by atoms with E-state index in [4.69, 9.17) is 4.74 Å². The molecule has 0 spiro atoms. The van der Waals surface area contributed by atoms with E-state index in [1.165, 1.54) is 12.8 Å². The lowest BCUT2D eigenvalue weighted by atomic mass is 10.0. The highest BCUT2D eigenvalue weighted by Gasteiger charge is 2.35. The second-order valence-corrected chi connectivity index (χ2v) is 8.28. The van der Waals surface area contributed by atoms with Gasteiger partial charge < -0.3 is 19.9 Å². The summed E-state index contributed by atoms with van der Waals surface area (Å²) in [7, 11) is 0. The van der Waals surface area contributed by atoms with Crippen LogP contribution in [0.3, 0.4) is 0 Å². The zero-order valence-electron chi connectivity index (χ0n) is 17.4. The molecular weight excluding hydrogens is 455 g/mol. The van der Waals surface area contributed by atoms with Gasteiger partial charge in [-0.25, -0.2) is 9.79 Å². The van der Waals surface area contributed by atoms with Crippen molar-refractivity contribution in [2.24, 2.45) is 10.9 Å². The van der Waals surface area contributed by atoms with Crippen LogP contribution in [0, 0.1) is 5.92 Å². The number of amides is 1. The van der Waals surface area contributed by atoms with Gasteiger partial charge >= 0.3 is 6.09 Å². The fourth-order valence-electron chi connectivity index (χ4n) is 3.24. The van der Waals surface area contributed by atoms with Crippen LogP contribution >= 0.6 is 24.0 Å². The summed E-state index contributed by atoms with van der Waals surface area (Å²) in [6, 6.07) is 0.254. The zero-order valence-corrected chi connectivity index (χ0v) is 19.7. The Labute approximate surface area is 181 Å². The summed E-state index contributed by atoms with van der Waals surface area (Å²) in [6.45, 7) is 15.7. The second kappa shape index (κ2) is 11.1. The van der Waals surface area contributed by atoms with Crippen molar-refractivity contribution in [3.8, 4) is 0 Å². The summed E-state index contributed by atoms with van der Waals surface area (Å²) < 4.78 is 5.67. The van der Waals surface area contributed by atoms with E-state index in [9.17, 15) is 4.79 Å². The molecule has 7 heteroatoms. The van der Waals surface area contributed by atoms with Crippen molar-refractivity contribution in [2.75, 3.05) is 32.7 Å². The quantitative estimate of drug-likeness (QED) is 0.265. The van der Waals surface area contributed by atoms with Crippen LogP contribution in [0.25, 0.3) is 0 Å². The molecule has 27 heavy (non-hydrogen) atoms. The number of hydrogen-bond donors (Lipinski definition) is 1. The number of carbonyl (C=O) groups excluding carboxylic acids is 1. The van der Waals surface area contributed by atoms with E-state index in [0.717, 1.165) is 45.0 Å². The van der Waals surface area contributed by atoms with Crippen LogP contribution in [0.1, 0.15) is 53.4 Å². The van der Waals surface area contributed by atoms with Crippen molar-refractivity contribution in [3.63, 3.8) is 0 Å². The lowest BCUT2D eigenvalue weighted by Gasteiger charge is -2.40. The highest BCUT2D eigenvalue weighted by molar-refractivity contribution is 14.0. The first-order valence-electron chi connectivity index (χ1n) is 9.97. The van der Waals surface area contributed by atoms with Crippen LogP contribution in [-0.2, 0) is 4.74 Å². The van der Waals surface area contributed by atoms with E-state index in [1.54, 1.807) is 0 Å². The summed E-state index contributed by atoms with van der Waals surface area (Å²) in [4.78, 5) is 21.6. The zero-order chi connectivity index (χ0) is 19.2. The topological polar surface area (TPSA) is 57.2 Å². The average molecular weight is 492 g/mol.